The van der Waals surface area contributed by atoms with E-state index in [1.165, 1.54) is 27.8 Å². The summed E-state index contributed by atoms with van der Waals surface area (Å²) in [4.78, 5) is 26.4. The predicted molar refractivity (Wildman–Crippen MR) is 139 cm³/mol. The lowest BCUT2D eigenvalue weighted by Crippen LogP contribution is -2.50. The Hall–Kier alpha value is -4.00. The van der Waals surface area contributed by atoms with Gasteiger partial charge in [-0.05, 0) is 49.2 Å². The Bertz CT molecular complexity index is 1500. The van der Waals surface area contributed by atoms with Crippen molar-refractivity contribution in [2.75, 3.05) is 19.0 Å². The zero-order valence-corrected chi connectivity index (χ0v) is 22.5. The Kier molecular flexibility index (Phi) is 9.85. The number of carbonyl (C=O) groups is 2. The lowest BCUT2D eigenvalue weighted by molar-refractivity contribution is -0.192. The third-order valence-corrected chi connectivity index (χ3v) is 8.44. The van der Waals surface area contributed by atoms with Crippen molar-refractivity contribution in [2.45, 2.75) is 36.4 Å². The molecule has 0 saturated carbocycles. The molecule has 2 heterocycles. The highest BCUT2D eigenvalue weighted by atomic mass is 32.2. The van der Waals surface area contributed by atoms with Crippen LogP contribution < -0.4 is 10.1 Å². The first-order chi connectivity index (χ1) is 18.9. The minimum absolute atomic E-state index is 0.0614. The summed E-state index contributed by atoms with van der Waals surface area (Å²) in [5, 5.41) is 21.5. The number of nitrogens with one attached hydrogen (secondary N) is 1. The van der Waals surface area contributed by atoms with Crippen LogP contribution >= 0.6 is 11.3 Å². The number of carboxylic acids is 1. The number of halogens is 3. The molecule has 15 heteroatoms. The second-order valence-corrected chi connectivity index (χ2v) is 11.0. The number of nitrogens with zero attached hydrogens (tertiary/aromatic N) is 3. The lowest BCUT2D eigenvalue weighted by atomic mass is 10.0. The Labute approximate surface area is 231 Å². The molecule has 1 atom stereocenters. The van der Waals surface area contributed by atoms with Crippen LogP contribution in [0, 0.1) is 11.3 Å². The van der Waals surface area contributed by atoms with Gasteiger partial charge in [0.2, 0.25) is 15.9 Å². The number of hydrogen-bond acceptors (Lipinski definition) is 8. The van der Waals surface area contributed by atoms with Gasteiger partial charge in [-0.3, -0.25) is 4.79 Å². The fraction of sp³-hybridized carbons (Fsp3) is 0.280. The van der Waals surface area contributed by atoms with Crippen molar-refractivity contribution in [1.29, 1.82) is 5.26 Å². The largest absolute Gasteiger partial charge is 0.497 e. The van der Waals surface area contributed by atoms with Gasteiger partial charge in [-0.2, -0.15) is 22.7 Å². The standard InChI is InChI=1S/C23H22N4O4S2.C2HF3O2/c1-31-18-11-9-16(10-12-18)19-15-32-23(25-19)26-22(28)20-7-4-5-13-27(20)33(29,30)21-8-3-2-6-17(21)14-24;3-2(4,5)1(6)7/h2-3,6,8-12,15,20H,4-5,7,13H2,1H3,(H,25,26,28);(H,6,7)/t20-;/m1./s1. The molecule has 0 bridgehead atoms. The molecule has 2 N–H and O–H groups in total. The Morgan fingerprint density at radius 2 is 1.82 bits per heavy atom. The average molecular weight is 597 g/mol. The van der Waals surface area contributed by atoms with E-state index in [0.29, 0.717) is 23.7 Å². The number of aromatic nitrogens is 1. The summed E-state index contributed by atoms with van der Waals surface area (Å²) in [7, 11) is -2.42. The normalized spacial score (nSPS) is 15.7. The Balaban J connectivity index is 0.000000559. The topological polar surface area (TPSA) is 150 Å². The second kappa shape index (κ2) is 12.9. The van der Waals surface area contributed by atoms with Gasteiger partial charge in [0.05, 0.1) is 23.3 Å². The number of thiazole rings is 1. The number of carbonyl (C=O) groups excluding carboxylic acids is 1. The van der Waals surface area contributed by atoms with Crippen LogP contribution in [-0.2, 0) is 19.6 Å². The van der Waals surface area contributed by atoms with Gasteiger partial charge in [-0.1, -0.05) is 18.6 Å². The predicted octanol–water partition coefficient (Wildman–Crippen LogP) is 4.51. The number of benzene rings is 2. The van der Waals surface area contributed by atoms with Gasteiger partial charge >= 0.3 is 12.1 Å². The van der Waals surface area contributed by atoms with Gasteiger partial charge in [-0.25, -0.2) is 18.2 Å². The number of hydrogen-bond donors (Lipinski definition) is 2. The molecular formula is C25H23F3N4O6S2. The fourth-order valence-electron chi connectivity index (χ4n) is 3.78. The number of ether oxygens (including phenoxy) is 1. The first-order valence-corrected chi connectivity index (χ1v) is 13.9. The fourth-order valence-corrected chi connectivity index (χ4v) is 6.30. The summed E-state index contributed by atoms with van der Waals surface area (Å²) >= 11 is 1.27. The number of rotatable bonds is 6. The van der Waals surface area contributed by atoms with Crippen LogP contribution in [-0.4, -0.2) is 60.6 Å². The van der Waals surface area contributed by atoms with Crippen molar-refractivity contribution in [2.24, 2.45) is 0 Å². The first kappa shape index (κ1) is 30.5. The number of piperidine rings is 1. The molecule has 0 aliphatic carbocycles. The number of alkyl halides is 3. The van der Waals surface area contributed by atoms with E-state index in [1.807, 2.05) is 35.7 Å². The molecule has 1 saturated heterocycles. The van der Waals surface area contributed by atoms with Crippen LogP contribution in [0.15, 0.2) is 58.8 Å². The minimum Gasteiger partial charge on any atom is -0.497 e. The molecule has 212 valence electrons. The van der Waals surface area contributed by atoms with Crippen molar-refractivity contribution < 1.29 is 41.0 Å². The number of aliphatic carboxylic acids is 1. The summed E-state index contributed by atoms with van der Waals surface area (Å²) < 4.78 is 64.8. The highest BCUT2D eigenvalue weighted by Gasteiger charge is 2.39. The van der Waals surface area contributed by atoms with Gasteiger partial charge in [0, 0.05) is 17.5 Å². The van der Waals surface area contributed by atoms with E-state index in [1.54, 1.807) is 19.2 Å². The summed E-state index contributed by atoms with van der Waals surface area (Å²) in [6.45, 7) is 0.217. The summed E-state index contributed by atoms with van der Waals surface area (Å²) in [6.07, 6.45) is -3.30. The maximum absolute atomic E-state index is 13.3. The van der Waals surface area contributed by atoms with Crippen molar-refractivity contribution >= 4 is 38.4 Å². The smallest absolute Gasteiger partial charge is 0.490 e. The van der Waals surface area contributed by atoms with Gasteiger partial charge in [-0.15, -0.1) is 11.3 Å². The molecule has 1 fully saturated rings. The van der Waals surface area contributed by atoms with Gasteiger partial charge in [0.1, 0.15) is 17.9 Å². The number of nitriles is 1. The monoisotopic (exact) mass is 596 g/mol. The molecule has 1 aromatic heterocycles. The highest BCUT2D eigenvalue weighted by molar-refractivity contribution is 7.89. The van der Waals surface area contributed by atoms with E-state index >= 15 is 0 Å². The van der Waals surface area contributed by atoms with Crippen LogP contribution in [0.2, 0.25) is 0 Å². The van der Waals surface area contributed by atoms with E-state index in [-0.39, 0.29) is 17.0 Å². The maximum atomic E-state index is 13.3. The molecule has 1 aliphatic rings. The molecule has 4 rings (SSSR count). The molecule has 0 radical (unpaired) electrons. The van der Waals surface area contributed by atoms with Crippen molar-refractivity contribution in [3.8, 4) is 23.1 Å². The number of carboxylic acid groups (broad SMARTS) is 1. The number of anilines is 1. The van der Waals surface area contributed by atoms with Crippen LogP contribution in [0.1, 0.15) is 24.8 Å². The summed E-state index contributed by atoms with van der Waals surface area (Å²) in [5.74, 6) is -2.45. The van der Waals surface area contributed by atoms with E-state index < -0.39 is 34.1 Å². The van der Waals surface area contributed by atoms with Crippen LogP contribution in [0.25, 0.3) is 11.3 Å². The number of amides is 1. The number of methoxy groups -OCH3 is 1. The summed E-state index contributed by atoms with van der Waals surface area (Å²) in [6, 6.07) is 14.5. The van der Waals surface area contributed by atoms with E-state index in [0.717, 1.165) is 17.7 Å². The molecule has 10 nitrogen and oxygen atoms in total. The zero-order chi connectivity index (χ0) is 29.5. The zero-order valence-electron chi connectivity index (χ0n) is 20.9. The molecule has 3 aromatic rings. The second-order valence-electron chi connectivity index (χ2n) is 8.29. The van der Waals surface area contributed by atoms with Gasteiger partial charge in [0.15, 0.2) is 5.13 Å². The van der Waals surface area contributed by atoms with Crippen LogP contribution in [0.3, 0.4) is 0 Å². The lowest BCUT2D eigenvalue weighted by Gasteiger charge is -2.33. The molecule has 2 aromatic carbocycles. The molecule has 1 amide bonds. The third-order valence-electron chi connectivity index (χ3n) is 5.71. The van der Waals surface area contributed by atoms with Crippen LogP contribution in [0.4, 0.5) is 18.3 Å². The SMILES string of the molecule is COc1ccc(-c2csc(NC(=O)[C@H]3CCCCN3S(=O)(=O)c3ccccc3C#N)n2)cc1.O=C(O)C(F)(F)F. The minimum atomic E-state index is -5.08. The number of sulfonamides is 1. The van der Waals surface area contributed by atoms with Crippen molar-refractivity contribution in [3.05, 3.63) is 59.5 Å². The third kappa shape index (κ3) is 7.34. The van der Waals surface area contributed by atoms with Crippen LogP contribution in [0.5, 0.6) is 5.75 Å². The quantitative estimate of drug-likeness (QED) is 0.422. The molecule has 1 aliphatic heterocycles. The summed E-state index contributed by atoms with van der Waals surface area (Å²) in [5.41, 5.74) is 1.64. The Morgan fingerprint density at radius 1 is 1.18 bits per heavy atom. The molecule has 40 heavy (non-hydrogen) atoms. The van der Waals surface area contributed by atoms with E-state index in [4.69, 9.17) is 14.6 Å². The van der Waals surface area contributed by atoms with Crippen molar-refractivity contribution in [1.82, 2.24) is 9.29 Å². The first-order valence-electron chi connectivity index (χ1n) is 11.6. The molecule has 0 unspecified atom stereocenters. The van der Waals surface area contributed by atoms with Gasteiger partial charge < -0.3 is 15.2 Å². The van der Waals surface area contributed by atoms with Gasteiger partial charge in [0.25, 0.3) is 0 Å². The van der Waals surface area contributed by atoms with Crippen molar-refractivity contribution in [3.63, 3.8) is 0 Å². The van der Waals surface area contributed by atoms with E-state index in [9.17, 15) is 31.6 Å². The highest BCUT2D eigenvalue weighted by Crippen LogP contribution is 2.30. The van der Waals surface area contributed by atoms with E-state index in [2.05, 4.69) is 10.3 Å². The molecule has 0 spiro atoms. The average Bonchev–Trinajstić information content (AvgIpc) is 3.41. The molecular weight excluding hydrogens is 573 g/mol. The maximum Gasteiger partial charge on any atom is 0.490 e. The Morgan fingerprint density at radius 3 is 2.42 bits per heavy atom.